The van der Waals surface area contributed by atoms with Crippen molar-refractivity contribution in [2.75, 3.05) is 0 Å². The molecule has 0 spiro atoms. The number of hydrogen-bond acceptors (Lipinski definition) is 2. The summed E-state index contributed by atoms with van der Waals surface area (Å²) in [5, 5.41) is 9.95. The van der Waals surface area contributed by atoms with Gasteiger partial charge in [-0.1, -0.05) is 164 Å². The third-order valence-corrected chi connectivity index (χ3v) is 11.0. The van der Waals surface area contributed by atoms with Crippen LogP contribution in [-0.2, 0) is 0 Å². The van der Waals surface area contributed by atoms with Gasteiger partial charge in [0.15, 0.2) is 5.82 Å². The molecule has 3 heteroatoms. The normalized spacial score (nSPS) is 11.6. The molecule has 2 heterocycles. The lowest BCUT2D eigenvalue weighted by molar-refractivity contribution is 1.17. The quantitative estimate of drug-likeness (QED) is 0.132. The first kappa shape index (κ1) is 31.2. The zero-order chi connectivity index (χ0) is 36.3. The predicted octanol–water partition coefficient (Wildman–Crippen LogP) is 13.7. The minimum absolute atomic E-state index is 0.695. The van der Waals surface area contributed by atoms with Gasteiger partial charge in [-0.3, -0.25) is 0 Å². The van der Waals surface area contributed by atoms with E-state index < -0.39 is 0 Å². The van der Waals surface area contributed by atoms with Gasteiger partial charge in [-0.15, -0.1) is 0 Å². The number of rotatable bonds is 5. The first-order valence-corrected chi connectivity index (χ1v) is 18.7. The van der Waals surface area contributed by atoms with Gasteiger partial charge in [0.25, 0.3) is 0 Å². The summed E-state index contributed by atoms with van der Waals surface area (Å²) in [4.78, 5) is 10.5. The topological polar surface area (TPSA) is 30.7 Å². The number of fused-ring (bicyclic) bond motifs is 7. The van der Waals surface area contributed by atoms with E-state index in [2.05, 4.69) is 199 Å². The Morgan fingerprint density at radius 1 is 0.309 bits per heavy atom. The average molecular weight is 700 g/mol. The van der Waals surface area contributed by atoms with Crippen LogP contribution >= 0.6 is 0 Å². The van der Waals surface area contributed by atoms with Crippen molar-refractivity contribution >= 4 is 54.1 Å². The van der Waals surface area contributed by atoms with Crippen LogP contribution in [0.25, 0.3) is 105 Å². The number of para-hydroxylation sites is 2. The van der Waals surface area contributed by atoms with Crippen molar-refractivity contribution in [1.82, 2.24) is 14.5 Å². The molecule has 0 bridgehead atoms. The Morgan fingerprint density at radius 2 is 0.891 bits per heavy atom. The molecule has 0 atom stereocenters. The van der Waals surface area contributed by atoms with E-state index in [0.717, 1.165) is 39.3 Å². The second-order valence-electron chi connectivity index (χ2n) is 14.2. The van der Waals surface area contributed by atoms with Crippen molar-refractivity contribution < 1.29 is 0 Å². The SMILES string of the molecule is c1ccc(-c2cc(-c3ccc4c5ccccc5n(-c5ccccc5)c4c3)nc(-c3ccc(-c4c5ccccc5cc5c4ccc4ccccc45)cc3)n2)cc1. The lowest BCUT2D eigenvalue weighted by Crippen LogP contribution is -1.97. The van der Waals surface area contributed by atoms with Gasteiger partial charge < -0.3 is 4.57 Å². The maximum absolute atomic E-state index is 5.28. The van der Waals surface area contributed by atoms with Crippen LogP contribution in [0.4, 0.5) is 0 Å². The Morgan fingerprint density at radius 3 is 1.69 bits per heavy atom. The molecule has 0 saturated heterocycles. The summed E-state index contributed by atoms with van der Waals surface area (Å²) in [6.07, 6.45) is 0. The molecule has 11 rings (SSSR count). The van der Waals surface area contributed by atoms with Crippen molar-refractivity contribution in [3.63, 3.8) is 0 Å². The summed E-state index contributed by atoms with van der Waals surface area (Å²) in [7, 11) is 0. The van der Waals surface area contributed by atoms with Gasteiger partial charge in [-0.2, -0.15) is 0 Å². The minimum Gasteiger partial charge on any atom is -0.309 e. The van der Waals surface area contributed by atoms with Crippen molar-refractivity contribution in [1.29, 1.82) is 0 Å². The number of benzene rings is 9. The maximum atomic E-state index is 5.28. The highest BCUT2D eigenvalue weighted by molar-refractivity contribution is 6.20. The molecule has 0 radical (unpaired) electrons. The fourth-order valence-corrected chi connectivity index (χ4v) is 8.38. The van der Waals surface area contributed by atoms with Gasteiger partial charge in [0.05, 0.1) is 22.4 Å². The zero-order valence-electron chi connectivity index (χ0n) is 29.9. The Labute approximate surface area is 318 Å². The highest BCUT2D eigenvalue weighted by Gasteiger charge is 2.17. The maximum Gasteiger partial charge on any atom is 0.160 e. The highest BCUT2D eigenvalue weighted by atomic mass is 15.0. The van der Waals surface area contributed by atoms with Crippen LogP contribution < -0.4 is 0 Å². The molecule has 0 amide bonds. The van der Waals surface area contributed by atoms with E-state index in [1.54, 1.807) is 0 Å². The predicted molar refractivity (Wildman–Crippen MR) is 231 cm³/mol. The second-order valence-corrected chi connectivity index (χ2v) is 14.2. The monoisotopic (exact) mass is 699 g/mol. The van der Waals surface area contributed by atoms with Crippen LogP contribution in [-0.4, -0.2) is 14.5 Å². The summed E-state index contributed by atoms with van der Waals surface area (Å²) in [5.74, 6) is 0.695. The van der Waals surface area contributed by atoms with Gasteiger partial charge in [0.2, 0.25) is 0 Å². The summed E-state index contributed by atoms with van der Waals surface area (Å²) >= 11 is 0. The Kier molecular flexibility index (Phi) is 7.17. The molecule has 0 fully saturated rings. The van der Waals surface area contributed by atoms with Crippen molar-refractivity contribution in [2.24, 2.45) is 0 Å². The van der Waals surface area contributed by atoms with Gasteiger partial charge >= 0.3 is 0 Å². The molecule has 0 N–H and O–H groups in total. The Hall–Kier alpha value is -7.36. The van der Waals surface area contributed by atoms with E-state index >= 15 is 0 Å². The molecule has 0 saturated carbocycles. The third kappa shape index (κ3) is 5.20. The molecule has 0 unspecified atom stereocenters. The molecule has 256 valence electrons. The lowest BCUT2D eigenvalue weighted by Gasteiger charge is -2.15. The summed E-state index contributed by atoms with van der Waals surface area (Å²) in [5.41, 5.74) is 10.7. The third-order valence-electron chi connectivity index (χ3n) is 11.0. The lowest BCUT2D eigenvalue weighted by atomic mass is 9.89. The van der Waals surface area contributed by atoms with Crippen molar-refractivity contribution in [3.05, 3.63) is 200 Å². The van der Waals surface area contributed by atoms with Crippen LogP contribution in [0.1, 0.15) is 0 Å². The zero-order valence-corrected chi connectivity index (χ0v) is 29.9. The smallest absolute Gasteiger partial charge is 0.160 e. The molecule has 11 aromatic rings. The Bertz CT molecular complexity index is 3230. The Balaban J connectivity index is 1.08. The first-order chi connectivity index (χ1) is 27.3. The van der Waals surface area contributed by atoms with Gasteiger partial charge in [0.1, 0.15) is 0 Å². The standard InChI is InChI=1S/C52H33N3/c1-3-14-35(15-4-1)47-33-48(39-28-29-44-43-21-11-12-22-49(43)55(50(44)32-39)40-17-5-2-6-18-40)54-52(53-47)37-25-23-36(24-26-37)51-42-20-10-8-16-38(42)31-46-41-19-9-7-13-34(41)27-30-45(46)51/h1-33H. The van der Waals surface area contributed by atoms with Crippen molar-refractivity contribution in [2.45, 2.75) is 0 Å². The van der Waals surface area contributed by atoms with E-state index in [4.69, 9.17) is 9.97 Å². The number of hydrogen-bond donors (Lipinski definition) is 0. The molecule has 3 nitrogen and oxygen atoms in total. The average Bonchev–Trinajstić information content (AvgIpc) is 3.60. The first-order valence-electron chi connectivity index (χ1n) is 18.7. The molecular formula is C52H33N3. The van der Waals surface area contributed by atoms with E-state index in [0.29, 0.717) is 5.82 Å². The molecule has 9 aromatic carbocycles. The van der Waals surface area contributed by atoms with Crippen LogP contribution in [0, 0.1) is 0 Å². The number of nitrogens with zero attached hydrogens (tertiary/aromatic N) is 3. The van der Waals surface area contributed by atoms with Crippen LogP contribution in [0.5, 0.6) is 0 Å². The van der Waals surface area contributed by atoms with Crippen LogP contribution in [0.2, 0.25) is 0 Å². The van der Waals surface area contributed by atoms with E-state index in [9.17, 15) is 0 Å². The molecular weight excluding hydrogens is 667 g/mol. The highest BCUT2D eigenvalue weighted by Crippen LogP contribution is 2.40. The minimum atomic E-state index is 0.695. The summed E-state index contributed by atoms with van der Waals surface area (Å²) in [6, 6.07) is 71.5. The molecule has 0 aliphatic rings. The molecule has 0 aliphatic heterocycles. The molecule has 55 heavy (non-hydrogen) atoms. The number of aromatic nitrogens is 3. The van der Waals surface area contributed by atoms with E-state index in [-0.39, 0.29) is 0 Å². The van der Waals surface area contributed by atoms with E-state index in [1.807, 2.05) is 6.07 Å². The van der Waals surface area contributed by atoms with Crippen LogP contribution in [0.3, 0.4) is 0 Å². The van der Waals surface area contributed by atoms with Crippen LogP contribution in [0.15, 0.2) is 200 Å². The second kappa shape index (κ2) is 12.6. The van der Waals surface area contributed by atoms with Gasteiger partial charge in [-0.25, -0.2) is 9.97 Å². The van der Waals surface area contributed by atoms with E-state index in [1.165, 1.54) is 59.7 Å². The van der Waals surface area contributed by atoms with Gasteiger partial charge in [-0.05, 0) is 79.8 Å². The summed E-state index contributed by atoms with van der Waals surface area (Å²) < 4.78 is 2.35. The fourth-order valence-electron chi connectivity index (χ4n) is 8.38. The van der Waals surface area contributed by atoms with Crippen molar-refractivity contribution in [3.8, 4) is 50.7 Å². The van der Waals surface area contributed by atoms with Gasteiger partial charge in [0, 0.05) is 33.2 Å². The molecule has 0 aliphatic carbocycles. The fraction of sp³-hybridized carbons (Fsp3) is 0. The summed E-state index contributed by atoms with van der Waals surface area (Å²) in [6.45, 7) is 0. The largest absolute Gasteiger partial charge is 0.309 e. The molecule has 2 aromatic heterocycles.